The van der Waals surface area contributed by atoms with E-state index in [2.05, 4.69) is 10.3 Å². The molecule has 1 amide bonds. The number of piperidine rings is 1. The molecule has 0 bridgehead atoms. The monoisotopic (exact) mass is 472 g/mol. The van der Waals surface area contributed by atoms with Gasteiger partial charge in [0.05, 0.1) is 22.7 Å². The highest BCUT2D eigenvalue weighted by molar-refractivity contribution is 7.14. The number of rotatable bonds is 6. The number of nitrogens with one attached hydrogen (secondary N) is 1. The first-order chi connectivity index (χ1) is 15.5. The molecular formula is C22H21ClN4O4S. The maximum atomic E-state index is 12.7. The number of methoxy groups -OCH3 is 1. The topological polar surface area (TPSA) is 97.6 Å². The maximum Gasteiger partial charge on any atom is 0.293 e. The van der Waals surface area contributed by atoms with Gasteiger partial charge in [0, 0.05) is 35.7 Å². The molecule has 32 heavy (non-hydrogen) atoms. The molecule has 0 radical (unpaired) electrons. The van der Waals surface area contributed by atoms with Gasteiger partial charge in [0.1, 0.15) is 11.4 Å². The average Bonchev–Trinajstić information content (AvgIpc) is 3.27. The molecule has 1 aromatic heterocycles. The standard InChI is InChI=1S/C22H21ClN4O4S/c1-31-20-8-6-14(11-16(20)23)17-13-32-22(24-17)25-21(28)15-5-7-18(19(12-15)27(29)30)26-9-3-2-4-10-26/h5-8,11-13H,2-4,9-10H2,1H3,(H,24,25,28). The number of nitro groups is 1. The Morgan fingerprint density at radius 1 is 1.22 bits per heavy atom. The van der Waals surface area contributed by atoms with Crippen molar-refractivity contribution in [3.8, 4) is 17.0 Å². The normalized spacial score (nSPS) is 13.6. The van der Waals surface area contributed by atoms with Crippen LogP contribution in [0.25, 0.3) is 11.3 Å². The first kappa shape index (κ1) is 22.0. The molecule has 10 heteroatoms. The second-order valence-electron chi connectivity index (χ2n) is 7.35. The van der Waals surface area contributed by atoms with Crippen molar-refractivity contribution in [3.63, 3.8) is 0 Å². The smallest absolute Gasteiger partial charge is 0.293 e. The number of nitrogens with zero attached hydrogens (tertiary/aromatic N) is 3. The SMILES string of the molecule is COc1ccc(-c2csc(NC(=O)c3ccc(N4CCCCC4)c([N+](=O)[O-])c3)n2)cc1Cl. The molecule has 2 aromatic carbocycles. The zero-order valence-electron chi connectivity index (χ0n) is 17.3. The molecule has 1 aliphatic heterocycles. The molecule has 0 unspecified atom stereocenters. The number of benzene rings is 2. The summed E-state index contributed by atoms with van der Waals surface area (Å²) in [7, 11) is 1.54. The fraction of sp³-hybridized carbons (Fsp3) is 0.273. The molecule has 1 fully saturated rings. The summed E-state index contributed by atoms with van der Waals surface area (Å²) >= 11 is 7.44. The van der Waals surface area contributed by atoms with Crippen LogP contribution in [0, 0.1) is 10.1 Å². The van der Waals surface area contributed by atoms with Crippen LogP contribution in [0.3, 0.4) is 0 Å². The Morgan fingerprint density at radius 3 is 2.69 bits per heavy atom. The number of thiazole rings is 1. The molecule has 0 saturated carbocycles. The number of amides is 1. The molecule has 1 saturated heterocycles. The van der Waals surface area contributed by atoms with Gasteiger partial charge in [-0.1, -0.05) is 11.6 Å². The summed E-state index contributed by atoms with van der Waals surface area (Å²) in [6, 6.07) is 9.92. The van der Waals surface area contributed by atoms with Gasteiger partial charge in [0.25, 0.3) is 11.6 Å². The van der Waals surface area contributed by atoms with Crippen LogP contribution >= 0.6 is 22.9 Å². The molecule has 8 nitrogen and oxygen atoms in total. The third-order valence-corrected chi connectivity index (χ3v) is 6.36. The van der Waals surface area contributed by atoms with Crippen LogP contribution in [0.2, 0.25) is 5.02 Å². The van der Waals surface area contributed by atoms with E-state index < -0.39 is 10.8 Å². The molecule has 4 rings (SSSR count). The van der Waals surface area contributed by atoms with Crippen LogP contribution in [-0.4, -0.2) is 36.0 Å². The Labute approximate surface area is 193 Å². The summed E-state index contributed by atoms with van der Waals surface area (Å²) in [5, 5.41) is 17.0. The average molecular weight is 473 g/mol. The summed E-state index contributed by atoms with van der Waals surface area (Å²) in [6.45, 7) is 1.56. The number of hydrogen-bond acceptors (Lipinski definition) is 7. The van der Waals surface area contributed by atoms with E-state index in [-0.39, 0.29) is 11.3 Å². The molecule has 3 aromatic rings. The lowest BCUT2D eigenvalue weighted by Crippen LogP contribution is -2.30. The van der Waals surface area contributed by atoms with Gasteiger partial charge in [-0.25, -0.2) is 4.98 Å². The first-order valence-corrected chi connectivity index (χ1v) is 11.4. The van der Waals surface area contributed by atoms with Crippen molar-refractivity contribution < 1.29 is 14.5 Å². The van der Waals surface area contributed by atoms with Crippen LogP contribution in [0.4, 0.5) is 16.5 Å². The minimum Gasteiger partial charge on any atom is -0.495 e. The van der Waals surface area contributed by atoms with Crippen molar-refractivity contribution in [1.29, 1.82) is 0 Å². The van der Waals surface area contributed by atoms with Crippen molar-refractivity contribution >= 4 is 45.4 Å². The fourth-order valence-electron chi connectivity index (χ4n) is 3.67. The number of hydrogen-bond donors (Lipinski definition) is 1. The summed E-state index contributed by atoms with van der Waals surface area (Å²) in [5.41, 5.74) is 2.14. The van der Waals surface area contributed by atoms with Gasteiger partial charge >= 0.3 is 0 Å². The number of nitro benzene ring substituents is 1. The number of carbonyl (C=O) groups is 1. The van der Waals surface area contributed by atoms with E-state index in [0.717, 1.165) is 37.9 Å². The zero-order chi connectivity index (χ0) is 22.7. The van der Waals surface area contributed by atoms with Crippen molar-refractivity contribution in [3.05, 3.63) is 62.5 Å². The lowest BCUT2D eigenvalue weighted by molar-refractivity contribution is -0.384. The van der Waals surface area contributed by atoms with Gasteiger partial charge in [0.2, 0.25) is 0 Å². The Balaban J connectivity index is 1.52. The lowest BCUT2D eigenvalue weighted by Gasteiger charge is -2.28. The van der Waals surface area contributed by atoms with Gasteiger partial charge < -0.3 is 9.64 Å². The molecule has 0 spiro atoms. The van der Waals surface area contributed by atoms with Crippen molar-refractivity contribution in [2.24, 2.45) is 0 Å². The molecule has 1 N–H and O–H groups in total. The van der Waals surface area contributed by atoms with E-state index >= 15 is 0 Å². The van der Waals surface area contributed by atoms with Crippen molar-refractivity contribution in [2.75, 3.05) is 30.4 Å². The molecule has 2 heterocycles. The first-order valence-electron chi connectivity index (χ1n) is 10.1. The van der Waals surface area contributed by atoms with Gasteiger partial charge in [-0.15, -0.1) is 11.3 Å². The summed E-state index contributed by atoms with van der Waals surface area (Å²) < 4.78 is 5.16. The summed E-state index contributed by atoms with van der Waals surface area (Å²) in [6.07, 6.45) is 3.14. The largest absolute Gasteiger partial charge is 0.495 e. The van der Waals surface area contributed by atoms with Crippen LogP contribution in [-0.2, 0) is 0 Å². The molecule has 1 aliphatic rings. The minimum absolute atomic E-state index is 0.0627. The quantitative estimate of drug-likeness (QED) is 0.369. The molecule has 0 atom stereocenters. The highest BCUT2D eigenvalue weighted by Gasteiger charge is 2.23. The Bertz CT molecular complexity index is 1160. The van der Waals surface area contributed by atoms with Crippen LogP contribution in [0.1, 0.15) is 29.6 Å². The van der Waals surface area contributed by atoms with E-state index in [9.17, 15) is 14.9 Å². The third-order valence-electron chi connectivity index (χ3n) is 5.30. The Morgan fingerprint density at radius 2 is 2.00 bits per heavy atom. The van der Waals surface area contributed by atoms with Gasteiger partial charge in [-0.3, -0.25) is 20.2 Å². The lowest BCUT2D eigenvalue weighted by atomic mass is 10.1. The van der Waals surface area contributed by atoms with Crippen molar-refractivity contribution in [2.45, 2.75) is 19.3 Å². The third kappa shape index (κ3) is 4.68. The maximum absolute atomic E-state index is 12.7. The van der Waals surface area contributed by atoms with Crippen LogP contribution in [0.5, 0.6) is 5.75 Å². The van der Waals surface area contributed by atoms with Crippen molar-refractivity contribution in [1.82, 2.24) is 4.98 Å². The van der Waals surface area contributed by atoms with Crippen LogP contribution in [0.15, 0.2) is 41.8 Å². The predicted molar refractivity (Wildman–Crippen MR) is 126 cm³/mol. The van der Waals surface area contributed by atoms with Gasteiger partial charge in [-0.2, -0.15) is 0 Å². The fourth-order valence-corrected chi connectivity index (χ4v) is 4.64. The molecule has 0 aliphatic carbocycles. The van der Waals surface area contributed by atoms with Gasteiger partial charge in [0.15, 0.2) is 5.13 Å². The zero-order valence-corrected chi connectivity index (χ0v) is 18.9. The highest BCUT2D eigenvalue weighted by Crippen LogP contribution is 2.33. The van der Waals surface area contributed by atoms with Gasteiger partial charge in [-0.05, 0) is 49.6 Å². The minimum atomic E-state index is -0.452. The molecule has 166 valence electrons. The predicted octanol–water partition coefficient (Wildman–Crippen LogP) is 5.62. The van der Waals surface area contributed by atoms with Crippen LogP contribution < -0.4 is 15.0 Å². The number of ether oxygens (including phenoxy) is 1. The van der Waals surface area contributed by atoms with E-state index in [1.54, 1.807) is 36.8 Å². The Hall–Kier alpha value is -3.17. The van der Waals surface area contributed by atoms with E-state index in [0.29, 0.717) is 27.3 Å². The molecular weight excluding hydrogens is 452 g/mol. The number of carbonyl (C=O) groups excluding carboxylic acids is 1. The second-order valence-corrected chi connectivity index (χ2v) is 8.61. The summed E-state index contributed by atoms with van der Waals surface area (Å²) in [5.74, 6) is 0.112. The number of anilines is 2. The number of aromatic nitrogens is 1. The van der Waals surface area contributed by atoms with E-state index in [1.165, 1.54) is 17.4 Å². The Kier molecular flexibility index (Phi) is 6.57. The van der Waals surface area contributed by atoms with E-state index in [4.69, 9.17) is 16.3 Å². The van der Waals surface area contributed by atoms with E-state index in [1.807, 2.05) is 11.0 Å². The highest BCUT2D eigenvalue weighted by atomic mass is 35.5. The number of halogens is 1. The summed E-state index contributed by atoms with van der Waals surface area (Å²) in [4.78, 5) is 30.4. The second kappa shape index (κ2) is 9.54.